The lowest BCUT2D eigenvalue weighted by Gasteiger charge is -2.05. The fourth-order valence-electron chi connectivity index (χ4n) is 1.34. The molecule has 0 radical (unpaired) electrons. The topological polar surface area (TPSA) is 66.4 Å². The predicted octanol–water partition coefficient (Wildman–Crippen LogP) is 2.74. The van der Waals surface area contributed by atoms with E-state index in [1.54, 1.807) is 24.3 Å². The number of carbonyl (C=O) groups is 2. The molecule has 2 N–H and O–H groups in total. The molecular weight excluding hydrogens is 254 g/mol. The number of halogens is 1. The fraction of sp³-hybridized carbons (Fsp3) is 0.231. The van der Waals surface area contributed by atoms with Crippen molar-refractivity contribution in [3.8, 4) is 0 Å². The molecule has 1 aromatic rings. The largest absolute Gasteiger partial charge is 0.478 e. The van der Waals surface area contributed by atoms with E-state index in [9.17, 15) is 9.59 Å². The highest BCUT2D eigenvalue weighted by atomic mass is 35.5. The number of nitrogens with one attached hydrogen (secondary N) is 1. The molecule has 18 heavy (non-hydrogen) atoms. The third-order valence-electron chi connectivity index (χ3n) is 2.13. The number of hydrogen-bond acceptors (Lipinski definition) is 2. The fourth-order valence-corrected chi connectivity index (χ4v) is 1.47. The van der Waals surface area contributed by atoms with Gasteiger partial charge in [0.1, 0.15) is 0 Å². The van der Waals surface area contributed by atoms with E-state index in [-0.39, 0.29) is 5.91 Å². The molecule has 0 spiro atoms. The standard InChI is InChI=1S/C13H14ClNO3/c14-8-2-5-12(16)15-11-4-1-3-10(9-11)6-7-13(17)18/h1,3-4,6-7,9H,2,5,8H2,(H,15,16)(H,17,18). The van der Waals surface area contributed by atoms with Crippen LogP contribution in [-0.4, -0.2) is 22.9 Å². The number of anilines is 1. The van der Waals surface area contributed by atoms with Crippen molar-refractivity contribution in [2.75, 3.05) is 11.2 Å². The van der Waals surface area contributed by atoms with E-state index in [2.05, 4.69) is 5.32 Å². The monoisotopic (exact) mass is 267 g/mol. The molecule has 0 aliphatic rings. The van der Waals surface area contributed by atoms with E-state index >= 15 is 0 Å². The summed E-state index contributed by atoms with van der Waals surface area (Å²) >= 11 is 5.50. The first-order valence-electron chi connectivity index (χ1n) is 5.48. The van der Waals surface area contributed by atoms with Crippen molar-refractivity contribution in [3.05, 3.63) is 35.9 Å². The molecule has 5 heteroatoms. The van der Waals surface area contributed by atoms with Gasteiger partial charge in [-0.25, -0.2) is 4.79 Å². The molecule has 0 aliphatic heterocycles. The van der Waals surface area contributed by atoms with Crippen molar-refractivity contribution in [2.45, 2.75) is 12.8 Å². The summed E-state index contributed by atoms with van der Waals surface area (Å²) in [5.41, 5.74) is 1.36. The second-order valence-corrected chi connectivity index (χ2v) is 4.02. The minimum Gasteiger partial charge on any atom is -0.478 e. The molecule has 1 aromatic carbocycles. The molecule has 0 aromatic heterocycles. The van der Waals surface area contributed by atoms with Crippen LogP contribution in [0.3, 0.4) is 0 Å². The van der Waals surface area contributed by atoms with Crippen molar-refractivity contribution in [1.82, 2.24) is 0 Å². The molecule has 0 heterocycles. The molecular formula is C13H14ClNO3. The highest BCUT2D eigenvalue weighted by Crippen LogP contribution is 2.12. The van der Waals surface area contributed by atoms with Crippen molar-refractivity contribution in [3.63, 3.8) is 0 Å². The maximum absolute atomic E-state index is 11.5. The summed E-state index contributed by atoms with van der Waals surface area (Å²) < 4.78 is 0. The molecule has 1 rings (SSSR count). The average molecular weight is 268 g/mol. The zero-order chi connectivity index (χ0) is 13.4. The van der Waals surface area contributed by atoms with Crippen LogP contribution in [0.2, 0.25) is 0 Å². The summed E-state index contributed by atoms with van der Waals surface area (Å²) in [7, 11) is 0. The highest BCUT2D eigenvalue weighted by Gasteiger charge is 2.01. The molecule has 0 bridgehead atoms. The number of carboxylic acid groups (broad SMARTS) is 1. The zero-order valence-corrected chi connectivity index (χ0v) is 10.5. The zero-order valence-electron chi connectivity index (χ0n) is 9.73. The summed E-state index contributed by atoms with van der Waals surface area (Å²) in [6.45, 7) is 0. The van der Waals surface area contributed by atoms with Gasteiger partial charge in [-0.2, -0.15) is 0 Å². The molecule has 4 nitrogen and oxygen atoms in total. The number of rotatable bonds is 6. The predicted molar refractivity (Wildman–Crippen MR) is 71.7 cm³/mol. The Labute approximate surface area is 110 Å². The summed E-state index contributed by atoms with van der Waals surface area (Å²) in [6.07, 6.45) is 3.52. The Morgan fingerprint density at radius 1 is 1.39 bits per heavy atom. The van der Waals surface area contributed by atoms with Crippen LogP contribution in [0.15, 0.2) is 30.3 Å². The summed E-state index contributed by atoms with van der Waals surface area (Å²) in [4.78, 5) is 21.9. The number of alkyl halides is 1. The third kappa shape index (κ3) is 5.50. The van der Waals surface area contributed by atoms with Gasteiger partial charge in [0.15, 0.2) is 0 Å². The van der Waals surface area contributed by atoms with Crippen LogP contribution in [0.25, 0.3) is 6.08 Å². The number of amides is 1. The highest BCUT2D eigenvalue weighted by molar-refractivity contribution is 6.18. The van der Waals surface area contributed by atoms with Crippen LogP contribution in [0, 0.1) is 0 Å². The number of carbonyl (C=O) groups excluding carboxylic acids is 1. The van der Waals surface area contributed by atoms with E-state index in [1.165, 1.54) is 6.08 Å². The maximum Gasteiger partial charge on any atom is 0.328 e. The Bertz CT molecular complexity index is 457. The number of hydrogen-bond donors (Lipinski definition) is 2. The smallest absolute Gasteiger partial charge is 0.328 e. The Kier molecular flexibility index (Phi) is 5.94. The second-order valence-electron chi connectivity index (χ2n) is 3.64. The molecule has 0 fully saturated rings. The van der Waals surface area contributed by atoms with Gasteiger partial charge in [-0.05, 0) is 30.2 Å². The minimum atomic E-state index is -1.01. The Morgan fingerprint density at radius 3 is 2.83 bits per heavy atom. The first-order valence-corrected chi connectivity index (χ1v) is 6.02. The average Bonchev–Trinajstić information content (AvgIpc) is 2.34. The maximum atomic E-state index is 11.5. The first-order chi connectivity index (χ1) is 8.61. The van der Waals surface area contributed by atoms with Crippen LogP contribution in [0.4, 0.5) is 5.69 Å². The van der Waals surface area contributed by atoms with Crippen LogP contribution < -0.4 is 5.32 Å². The van der Waals surface area contributed by atoms with Crippen molar-refractivity contribution >= 4 is 35.2 Å². The lowest BCUT2D eigenvalue weighted by atomic mass is 10.2. The van der Waals surface area contributed by atoms with E-state index < -0.39 is 5.97 Å². The van der Waals surface area contributed by atoms with Crippen LogP contribution in [0.1, 0.15) is 18.4 Å². The third-order valence-corrected chi connectivity index (χ3v) is 2.39. The number of carboxylic acids is 1. The van der Waals surface area contributed by atoms with Gasteiger partial charge in [0, 0.05) is 24.1 Å². The lowest BCUT2D eigenvalue weighted by molar-refractivity contribution is -0.131. The minimum absolute atomic E-state index is 0.102. The van der Waals surface area contributed by atoms with Gasteiger partial charge in [0.2, 0.25) is 5.91 Å². The Morgan fingerprint density at radius 2 is 2.17 bits per heavy atom. The van der Waals surface area contributed by atoms with Crippen LogP contribution in [-0.2, 0) is 9.59 Å². The van der Waals surface area contributed by atoms with Crippen molar-refractivity contribution < 1.29 is 14.7 Å². The molecule has 0 unspecified atom stereocenters. The van der Waals surface area contributed by atoms with Gasteiger partial charge < -0.3 is 10.4 Å². The van der Waals surface area contributed by atoms with Gasteiger partial charge in [-0.3, -0.25) is 4.79 Å². The lowest BCUT2D eigenvalue weighted by Crippen LogP contribution is -2.11. The Balaban J connectivity index is 2.64. The summed E-state index contributed by atoms with van der Waals surface area (Å²) in [6, 6.07) is 6.96. The second kappa shape index (κ2) is 7.50. The van der Waals surface area contributed by atoms with Crippen molar-refractivity contribution in [1.29, 1.82) is 0 Å². The van der Waals surface area contributed by atoms with Gasteiger partial charge in [0.25, 0.3) is 0 Å². The quantitative estimate of drug-likeness (QED) is 0.615. The van der Waals surface area contributed by atoms with Crippen LogP contribution >= 0.6 is 11.6 Å². The summed E-state index contributed by atoms with van der Waals surface area (Å²) in [5, 5.41) is 11.2. The van der Waals surface area contributed by atoms with Gasteiger partial charge in [-0.15, -0.1) is 11.6 Å². The molecule has 0 atom stereocenters. The number of benzene rings is 1. The Hall–Kier alpha value is -1.81. The first kappa shape index (κ1) is 14.3. The summed E-state index contributed by atoms with van der Waals surface area (Å²) in [5.74, 6) is -0.656. The molecule has 0 saturated heterocycles. The van der Waals surface area contributed by atoms with Crippen molar-refractivity contribution in [2.24, 2.45) is 0 Å². The van der Waals surface area contributed by atoms with E-state index in [4.69, 9.17) is 16.7 Å². The van der Waals surface area contributed by atoms with E-state index in [0.717, 1.165) is 6.08 Å². The number of aliphatic carboxylic acids is 1. The SMILES string of the molecule is O=C(O)C=Cc1cccc(NC(=O)CCCCl)c1. The molecule has 0 aliphatic carbocycles. The van der Waals surface area contributed by atoms with E-state index in [0.29, 0.717) is 30.0 Å². The molecule has 1 amide bonds. The molecule has 96 valence electrons. The normalized spacial score (nSPS) is 10.5. The van der Waals surface area contributed by atoms with E-state index in [1.807, 2.05) is 0 Å². The van der Waals surface area contributed by atoms with Gasteiger partial charge in [0.05, 0.1) is 0 Å². The van der Waals surface area contributed by atoms with Crippen LogP contribution in [0.5, 0.6) is 0 Å². The molecule has 0 saturated carbocycles. The van der Waals surface area contributed by atoms with Gasteiger partial charge >= 0.3 is 5.97 Å². The van der Waals surface area contributed by atoms with Gasteiger partial charge in [-0.1, -0.05) is 12.1 Å².